The molecule has 0 aliphatic carbocycles. The summed E-state index contributed by atoms with van der Waals surface area (Å²) in [4.78, 5) is 10.5. The lowest BCUT2D eigenvalue weighted by molar-refractivity contribution is -0.387. The molecule has 13 heavy (non-hydrogen) atoms. The average Bonchev–Trinajstić information content (AvgIpc) is 2.16. The van der Waals surface area contributed by atoms with Gasteiger partial charge in [-0.25, -0.2) is 0 Å². The summed E-state index contributed by atoms with van der Waals surface area (Å²) in [5.74, 6) is 0.449. The van der Waals surface area contributed by atoms with Crippen LogP contribution in [0.1, 0.15) is 0 Å². The first kappa shape index (κ1) is 9.82. The van der Waals surface area contributed by atoms with E-state index in [-0.39, 0.29) is 5.69 Å². The quantitative estimate of drug-likeness (QED) is 0.455. The first-order valence-corrected chi connectivity index (χ1v) is 4.26. The Labute approximate surface area is 79.2 Å². The van der Waals surface area contributed by atoms with Crippen molar-refractivity contribution in [2.45, 2.75) is 4.90 Å². The van der Waals surface area contributed by atoms with E-state index in [0.29, 0.717) is 10.6 Å². The number of nitro groups is 1. The molecule has 0 aliphatic rings. The predicted molar refractivity (Wildman–Crippen MR) is 49.7 cm³/mol. The Morgan fingerprint density at radius 2 is 2.31 bits per heavy atom. The molecule has 0 atom stereocenters. The van der Waals surface area contributed by atoms with Crippen molar-refractivity contribution in [2.75, 3.05) is 7.11 Å². The highest BCUT2D eigenvalue weighted by Crippen LogP contribution is 2.29. The second kappa shape index (κ2) is 4.11. The molecule has 1 aromatic carbocycles. The van der Waals surface area contributed by atoms with E-state index >= 15 is 0 Å². The molecule has 5 nitrogen and oxygen atoms in total. The highest BCUT2D eigenvalue weighted by atomic mass is 32.2. The molecule has 2 N–H and O–H groups in total. The van der Waals surface area contributed by atoms with Crippen molar-refractivity contribution < 1.29 is 9.66 Å². The minimum Gasteiger partial charge on any atom is -0.497 e. The fourth-order valence-electron chi connectivity index (χ4n) is 0.866. The normalized spacial score (nSPS) is 9.69. The molecule has 70 valence electrons. The van der Waals surface area contributed by atoms with Gasteiger partial charge in [-0.1, -0.05) is 0 Å². The molecule has 1 aromatic rings. The van der Waals surface area contributed by atoms with Crippen molar-refractivity contribution in [2.24, 2.45) is 5.14 Å². The Kier molecular flexibility index (Phi) is 3.10. The summed E-state index contributed by atoms with van der Waals surface area (Å²) in [6.07, 6.45) is 0. The largest absolute Gasteiger partial charge is 0.497 e. The monoisotopic (exact) mass is 200 g/mol. The van der Waals surface area contributed by atoms with Gasteiger partial charge in [0.2, 0.25) is 0 Å². The van der Waals surface area contributed by atoms with Gasteiger partial charge >= 0.3 is 0 Å². The maximum absolute atomic E-state index is 10.5. The third kappa shape index (κ3) is 2.10. The molecule has 6 heteroatoms. The summed E-state index contributed by atoms with van der Waals surface area (Å²) in [7, 11) is 1.45. The zero-order valence-corrected chi connectivity index (χ0v) is 7.71. The van der Waals surface area contributed by atoms with Gasteiger partial charge < -0.3 is 4.74 Å². The van der Waals surface area contributed by atoms with E-state index in [1.165, 1.54) is 13.2 Å². The lowest BCUT2D eigenvalue weighted by atomic mass is 10.3. The highest BCUT2D eigenvalue weighted by molar-refractivity contribution is 7.97. The van der Waals surface area contributed by atoms with Crippen LogP contribution >= 0.6 is 11.9 Å². The molecular formula is C7H8N2O3S. The summed E-state index contributed by atoms with van der Waals surface area (Å²) in [6.45, 7) is 0. The molecular weight excluding hydrogens is 192 g/mol. The molecule has 0 radical (unpaired) electrons. The summed E-state index contributed by atoms with van der Waals surface area (Å²) < 4.78 is 4.85. The molecule has 0 aliphatic heterocycles. The first-order chi connectivity index (χ1) is 6.19. The molecule has 0 amide bonds. The molecule has 0 spiro atoms. The number of nitrogens with two attached hydrogens (primary N) is 1. The maximum atomic E-state index is 10.5. The molecule has 0 saturated heterocycles. The van der Waals surface area contributed by atoms with Gasteiger partial charge in [-0.15, -0.1) is 0 Å². The van der Waals surface area contributed by atoms with Crippen LogP contribution in [0.15, 0.2) is 23.1 Å². The van der Waals surface area contributed by atoms with Crippen molar-refractivity contribution in [3.05, 3.63) is 28.3 Å². The Morgan fingerprint density at radius 1 is 1.62 bits per heavy atom. The Hall–Kier alpha value is -1.27. The zero-order valence-electron chi connectivity index (χ0n) is 6.89. The van der Waals surface area contributed by atoms with Crippen molar-refractivity contribution >= 4 is 17.6 Å². The Morgan fingerprint density at radius 3 is 2.77 bits per heavy atom. The number of benzene rings is 1. The summed E-state index contributed by atoms with van der Waals surface area (Å²) in [6, 6.07) is 4.53. The number of methoxy groups -OCH3 is 1. The molecule has 0 aromatic heterocycles. The molecule has 0 fully saturated rings. The van der Waals surface area contributed by atoms with E-state index in [4.69, 9.17) is 9.88 Å². The van der Waals surface area contributed by atoms with Gasteiger partial charge in [-0.2, -0.15) is 0 Å². The van der Waals surface area contributed by atoms with Crippen molar-refractivity contribution in [1.29, 1.82) is 0 Å². The second-order valence-corrected chi connectivity index (χ2v) is 2.88. The van der Waals surface area contributed by atoms with Crippen molar-refractivity contribution in [1.82, 2.24) is 0 Å². The highest BCUT2D eigenvalue weighted by Gasteiger charge is 2.14. The topological polar surface area (TPSA) is 78.4 Å². The zero-order chi connectivity index (χ0) is 9.84. The van der Waals surface area contributed by atoms with Crippen LogP contribution in [0.4, 0.5) is 5.69 Å². The maximum Gasteiger partial charge on any atom is 0.287 e. The summed E-state index contributed by atoms with van der Waals surface area (Å²) in [5.41, 5.74) is -0.0353. The van der Waals surface area contributed by atoms with Crippen LogP contribution in [-0.4, -0.2) is 12.0 Å². The second-order valence-electron chi connectivity index (χ2n) is 2.21. The Balaban J connectivity index is 3.18. The SMILES string of the molecule is COc1ccc(SN)c([N+](=O)[O-])c1. The van der Waals surface area contributed by atoms with Gasteiger partial charge in [0, 0.05) is 0 Å². The molecule has 0 heterocycles. The number of nitrogens with zero attached hydrogens (tertiary/aromatic N) is 1. The van der Waals surface area contributed by atoms with E-state index in [1.807, 2.05) is 0 Å². The number of rotatable bonds is 3. The standard InChI is InChI=1S/C7H8N2O3S/c1-12-5-2-3-7(13-8)6(4-5)9(10)11/h2-4H,8H2,1H3. The van der Waals surface area contributed by atoms with Gasteiger partial charge in [0.1, 0.15) is 10.6 Å². The lowest BCUT2D eigenvalue weighted by Gasteiger charge is -2.01. The minimum atomic E-state index is -0.488. The molecule has 0 bridgehead atoms. The summed E-state index contributed by atoms with van der Waals surface area (Å²) >= 11 is 0.846. The van der Waals surface area contributed by atoms with Gasteiger partial charge in [0.15, 0.2) is 0 Å². The van der Waals surface area contributed by atoms with Crippen LogP contribution in [0.5, 0.6) is 5.75 Å². The Bertz CT molecular complexity index is 330. The average molecular weight is 200 g/mol. The number of ether oxygens (including phenoxy) is 1. The minimum absolute atomic E-state index is 0.0353. The fraction of sp³-hybridized carbons (Fsp3) is 0.143. The predicted octanol–water partition coefficient (Wildman–Crippen LogP) is 1.57. The van der Waals surface area contributed by atoms with Gasteiger partial charge in [0.05, 0.1) is 18.1 Å². The molecule has 0 saturated carbocycles. The van der Waals surface area contributed by atoms with Gasteiger partial charge in [0.25, 0.3) is 5.69 Å². The smallest absolute Gasteiger partial charge is 0.287 e. The fourth-order valence-corrected chi connectivity index (χ4v) is 1.27. The first-order valence-electron chi connectivity index (χ1n) is 3.38. The number of hydrogen-bond donors (Lipinski definition) is 1. The van der Waals surface area contributed by atoms with Crippen LogP contribution in [0, 0.1) is 10.1 Å². The van der Waals surface area contributed by atoms with Gasteiger partial charge in [-0.05, 0) is 24.1 Å². The van der Waals surface area contributed by atoms with E-state index < -0.39 is 4.92 Å². The van der Waals surface area contributed by atoms with Crippen LogP contribution in [-0.2, 0) is 0 Å². The van der Waals surface area contributed by atoms with E-state index in [0.717, 1.165) is 11.9 Å². The third-order valence-corrected chi connectivity index (χ3v) is 2.09. The van der Waals surface area contributed by atoms with Crippen LogP contribution < -0.4 is 9.88 Å². The van der Waals surface area contributed by atoms with E-state index in [2.05, 4.69) is 0 Å². The van der Waals surface area contributed by atoms with E-state index in [1.54, 1.807) is 12.1 Å². The number of hydrogen-bond acceptors (Lipinski definition) is 5. The van der Waals surface area contributed by atoms with Crippen LogP contribution in [0.2, 0.25) is 0 Å². The molecule has 1 rings (SSSR count). The summed E-state index contributed by atoms with van der Waals surface area (Å²) in [5, 5.41) is 15.8. The van der Waals surface area contributed by atoms with Crippen molar-refractivity contribution in [3.8, 4) is 5.75 Å². The van der Waals surface area contributed by atoms with E-state index in [9.17, 15) is 10.1 Å². The molecule has 0 unspecified atom stereocenters. The van der Waals surface area contributed by atoms with Crippen LogP contribution in [0.3, 0.4) is 0 Å². The van der Waals surface area contributed by atoms with Crippen molar-refractivity contribution in [3.63, 3.8) is 0 Å². The third-order valence-electron chi connectivity index (χ3n) is 1.49. The van der Waals surface area contributed by atoms with Gasteiger partial charge in [-0.3, -0.25) is 15.3 Å². The van der Waals surface area contributed by atoms with Crippen LogP contribution in [0.25, 0.3) is 0 Å². The number of nitro benzene ring substituents is 1. The lowest BCUT2D eigenvalue weighted by Crippen LogP contribution is -1.93.